The van der Waals surface area contributed by atoms with Crippen molar-refractivity contribution >= 4 is 29.2 Å². The molecule has 0 saturated carbocycles. The maximum atomic E-state index is 12.5. The lowest BCUT2D eigenvalue weighted by Gasteiger charge is -2.22. The average molecular weight is 393 g/mol. The highest BCUT2D eigenvalue weighted by Crippen LogP contribution is 2.20. The molecule has 1 saturated heterocycles. The Balaban J connectivity index is 1.49. The number of amides is 2. The summed E-state index contributed by atoms with van der Waals surface area (Å²) in [5.41, 5.74) is 2.06. The lowest BCUT2D eigenvalue weighted by molar-refractivity contribution is 0.197. The Morgan fingerprint density at radius 1 is 1.15 bits per heavy atom. The Morgan fingerprint density at radius 2 is 2.04 bits per heavy atom. The van der Waals surface area contributed by atoms with Gasteiger partial charge in [0, 0.05) is 61.7 Å². The highest BCUT2D eigenvalue weighted by molar-refractivity contribution is 6.35. The van der Waals surface area contributed by atoms with Crippen LogP contribution in [0.2, 0.25) is 10.0 Å². The van der Waals surface area contributed by atoms with Gasteiger partial charge >= 0.3 is 6.03 Å². The van der Waals surface area contributed by atoms with Gasteiger partial charge in [-0.05, 0) is 35.7 Å². The predicted octanol–water partition coefficient (Wildman–Crippen LogP) is 3.81. The van der Waals surface area contributed by atoms with Crippen LogP contribution in [0.15, 0.2) is 42.7 Å². The minimum Gasteiger partial charge on any atom is -0.334 e. The van der Waals surface area contributed by atoms with E-state index in [2.05, 4.69) is 21.3 Å². The number of hydrogen-bond donors (Lipinski definition) is 1. The third kappa shape index (κ3) is 5.34. The molecule has 5 nitrogen and oxygen atoms in total. The smallest absolute Gasteiger partial charge is 0.317 e. The SMILES string of the molecule is O=C(NCc1ccc(Cl)cc1Cl)N1CCCN(Cc2cccnc2)CC1. The minimum absolute atomic E-state index is 0.0563. The zero-order valence-electron chi connectivity index (χ0n) is 14.5. The molecule has 2 heterocycles. The van der Waals surface area contributed by atoms with E-state index in [1.807, 2.05) is 23.2 Å². The van der Waals surface area contributed by atoms with Crippen molar-refractivity contribution in [3.8, 4) is 0 Å². The fourth-order valence-electron chi connectivity index (χ4n) is 3.03. The third-order valence-corrected chi connectivity index (χ3v) is 5.04. The number of pyridine rings is 1. The number of nitrogens with one attached hydrogen (secondary N) is 1. The molecule has 0 spiro atoms. The number of carbonyl (C=O) groups excluding carboxylic acids is 1. The molecule has 2 amide bonds. The number of nitrogens with zero attached hydrogens (tertiary/aromatic N) is 3. The zero-order valence-corrected chi connectivity index (χ0v) is 16.0. The fourth-order valence-corrected chi connectivity index (χ4v) is 3.50. The van der Waals surface area contributed by atoms with Crippen LogP contribution in [-0.2, 0) is 13.1 Å². The van der Waals surface area contributed by atoms with E-state index < -0.39 is 0 Å². The highest BCUT2D eigenvalue weighted by Gasteiger charge is 2.19. The van der Waals surface area contributed by atoms with E-state index in [0.717, 1.165) is 38.2 Å². The van der Waals surface area contributed by atoms with Crippen molar-refractivity contribution in [2.24, 2.45) is 0 Å². The number of aromatic nitrogens is 1. The lowest BCUT2D eigenvalue weighted by Crippen LogP contribution is -2.41. The average Bonchev–Trinajstić information content (AvgIpc) is 2.87. The van der Waals surface area contributed by atoms with Crippen molar-refractivity contribution in [2.45, 2.75) is 19.5 Å². The van der Waals surface area contributed by atoms with Crippen molar-refractivity contribution in [1.29, 1.82) is 0 Å². The second kappa shape index (κ2) is 9.21. The first-order valence-electron chi connectivity index (χ1n) is 8.70. The van der Waals surface area contributed by atoms with Crippen molar-refractivity contribution < 1.29 is 4.79 Å². The molecule has 0 bridgehead atoms. The van der Waals surface area contributed by atoms with Crippen LogP contribution >= 0.6 is 23.2 Å². The van der Waals surface area contributed by atoms with Gasteiger partial charge in [-0.25, -0.2) is 4.79 Å². The lowest BCUT2D eigenvalue weighted by atomic mass is 10.2. The number of urea groups is 1. The fraction of sp³-hybridized carbons (Fsp3) is 0.368. The Labute approximate surface area is 163 Å². The van der Waals surface area contributed by atoms with Crippen LogP contribution < -0.4 is 5.32 Å². The molecule has 1 aromatic carbocycles. The van der Waals surface area contributed by atoms with Gasteiger partial charge in [-0.15, -0.1) is 0 Å². The molecular formula is C19H22Cl2N4O. The summed E-state index contributed by atoms with van der Waals surface area (Å²) in [4.78, 5) is 20.9. The summed E-state index contributed by atoms with van der Waals surface area (Å²) >= 11 is 12.1. The maximum absolute atomic E-state index is 12.5. The molecule has 0 aliphatic carbocycles. The van der Waals surface area contributed by atoms with Crippen molar-refractivity contribution in [1.82, 2.24) is 20.1 Å². The number of halogens is 2. The van der Waals surface area contributed by atoms with Crippen LogP contribution in [0.5, 0.6) is 0 Å². The van der Waals surface area contributed by atoms with Crippen LogP contribution in [0.4, 0.5) is 4.79 Å². The molecule has 0 unspecified atom stereocenters. The Hall–Kier alpha value is -1.82. The van der Waals surface area contributed by atoms with Crippen LogP contribution in [0.25, 0.3) is 0 Å². The summed E-state index contributed by atoms with van der Waals surface area (Å²) in [6.45, 7) is 4.55. The number of carbonyl (C=O) groups is 1. The molecule has 2 aromatic rings. The molecule has 7 heteroatoms. The normalized spacial score (nSPS) is 15.5. The van der Waals surface area contributed by atoms with Crippen molar-refractivity contribution in [3.05, 3.63) is 63.9 Å². The summed E-state index contributed by atoms with van der Waals surface area (Å²) in [6, 6.07) is 9.28. The highest BCUT2D eigenvalue weighted by atomic mass is 35.5. The van der Waals surface area contributed by atoms with Crippen molar-refractivity contribution in [3.63, 3.8) is 0 Å². The first-order chi connectivity index (χ1) is 12.6. The standard InChI is InChI=1S/C19H22Cl2N4O/c20-17-5-4-16(18(21)11-17)13-23-19(26)25-8-2-7-24(9-10-25)14-15-3-1-6-22-12-15/h1,3-6,11-12H,2,7-10,13-14H2,(H,23,26). The first-order valence-corrected chi connectivity index (χ1v) is 9.45. The van der Waals surface area contributed by atoms with Crippen LogP contribution in [-0.4, -0.2) is 47.0 Å². The second-order valence-electron chi connectivity index (χ2n) is 6.37. The summed E-state index contributed by atoms with van der Waals surface area (Å²) in [6.07, 6.45) is 4.63. The predicted molar refractivity (Wildman–Crippen MR) is 104 cm³/mol. The zero-order chi connectivity index (χ0) is 18.4. The molecule has 138 valence electrons. The summed E-state index contributed by atoms with van der Waals surface area (Å²) < 4.78 is 0. The van der Waals surface area contributed by atoms with E-state index in [1.165, 1.54) is 5.56 Å². The molecule has 0 atom stereocenters. The van der Waals surface area contributed by atoms with Gasteiger partial charge in [-0.1, -0.05) is 35.3 Å². The first kappa shape index (κ1) is 19.0. The molecule has 3 rings (SSSR count). The second-order valence-corrected chi connectivity index (χ2v) is 7.22. The van der Waals surface area contributed by atoms with E-state index in [1.54, 1.807) is 18.3 Å². The summed E-state index contributed by atoms with van der Waals surface area (Å²) in [5, 5.41) is 4.11. The minimum atomic E-state index is -0.0563. The molecule has 1 fully saturated rings. The van der Waals surface area contributed by atoms with Crippen LogP contribution in [0.3, 0.4) is 0 Å². The largest absolute Gasteiger partial charge is 0.334 e. The molecule has 0 radical (unpaired) electrons. The topological polar surface area (TPSA) is 48.5 Å². The molecule has 1 aliphatic heterocycles. The summed E-state index contributed by atoms with van der Waals surface area (Å²) in [5.74, 6) is 0. The Morgan fingerprint density at radius 3 is 2.81 bits per heavy atom. The van der Waals surface area contributed by atoms with Crippen molar-refractivity contribution in [2.75, 3.05) is 26.2 Å². The van der Waals surface area contributed by atoms with Gasteiger partial charge < -0.3 is 10.2 Å². The molecule has 1 aliphatic rings. The van der Waals surface area contributed by atoms with Gasteiger partial charge in [0.2, 0.25) is 0 Å². The van der Waals surface area contributed by atoms with Gasteiger partial charge in [0.05, 0.1) is 0 Å². The molecule has 26 heavy (non-hydrogen) atoms. The molecule has 1 aromatic heterocycles. The number of hydrogen-bond acceptors (Lipinski definition) is 3. The maximum Gasteiger partial charge on any atom is 0.317 e. The Kier molecular flexibility index (Phi) is 6.72. The van der Waals surface area contributed by atoms with Gasteiger partial charge in [-0.3, -0.25) is 9.88 Å². The third-order valence-electron chi connectivity index (χ3n) is 4.45. The van der Waals surface area contributed by atoms with Gasteiger partial charge in [0.1, 0.15) is 0 Å². The van der Waals surface area contributed by atoms with Gasteiger partial charge in [0.25, 0.3) is 0 Å². The van der Waals surface area contributed by atoms with E-state index in [4.69, 9.17) is 23.2 Å². The van der Waals surface area contributed by atoms with E-state index in [9.17, 15) is 4.79 Å². The van der Waals surface area contributed by atoms with Crippen LogP contribution in [0.1, 0.15) is 17.5 Å². The Bertz CT molecular complexity index is 742. The van der Waals surface area contributed by atoms with E-state index in [-0.39, 0.29) is 6.03 Å². The monoisotopic (exact) mass is 392 g/mol. The number of benzene rings is 1. The number of rotatable bonds is 4. The summed E-state index contributed by atoms with van der Waals surface area (Å²) in [7, 11) is 0. The molecule has 1 N–H and O–H groups in total. The van der Waals surface area contributed by atoms with Crippen LogP contribution in [0, 0.1) is 0 Å². The van der Waals surface area contributed by atoms with Gasteiger partial charge in [-0.2, -0.15) is 0 Å². The van der Waals surface area contributed by atoms with E-state index >= 15 is 0 Å². The van der Waals surface area contributed by atoms with Gasteiger partial charge in [0.15, 0.2) is 0 Å². The molecular weight excluding hydrogens is 371 g/mol. The quantitative estimate of drug-likeness (QED) is 0.860. The van der Waals surface area contributed by atoms with E-state index in [0.29, 0.717) is 23.1 Å².